The van der Waals surface area contributed by atoms with E-state index in [9.17, 15) is 9.50 Å². The minimum atomic E-state index is -0.615. The first-order valence-corrected chi connectivity index (χ1v) is 11.7. The van der Waals surface area contributed by atoms with Crippen molar-refractivity contribution in [2.24, 2.45) is 5.92 Å². The third-order valence-corrected chi connectivity index (χ3v) is 5.76. The van der Waals surface area contributed by atoms with Crippen molar-refractivity contribution in [1.82, 2.24) is 14.7 Å². The van der Waals surface area contributed by atoms with E-state index >= 15 is 0 Å². The Morgan fingerprint density at radius 3 is 2.74 bits per heavy atom. The number of aliphatic hydroxyl groups excluding tert-OH is 1. The van der Waals surface area contributed by atoms with Gasteiger partial charge in [-0.1, -0.05) is 30.3 Å². The summed E-state index contributed by atoms with van der Waals surface area (Å²) < 4.78 is 27.3. The van der Waals surface area contributed by atoms with Gasteiger partial charge in [-0.25, -0.2) is 9.07 Å². The second-order valence-corrected chi connectivity index (χ2v) is 8.79. The fourth-order valence-corrected chi connectivity index (χ4v) is 3.94. The van der Waals surface area contributed by atoms with Crippen molar-refractivity contribution in [1.29, 1.82) is 0 Å². The largest absolute Gasteiger partial charge is 0.438 e. The van der Waals surface area contributed by atoms with Crippen molar-refractivity contribution in [3.8, 4) is 17.3 Å². The molecule has 6 nitrogen and oxygen atoms in total. The van der Waals surface area contributed by atoms with E-state index in [0.29, 0.717) is 37.2 Å². The van der Waals surface area contributed by atoms with Crippen molar-refractivity contribution >= 4 is 0 Å². The van der Waals surface area contributed by atoms with Crippen LogP contribution in [0.5, 0.6) is 11.6 Å². The highest BCUT2D eigenvalue weighted by molar-refractivity contribution is 5.43. The molecule has 1 aromatic heterocycles. The molecule has 0 saturated heterocycles. The molecule has 34 heavy (non-hydrogen) atoms. The lowest BCUT2D eigenvalue weighted by Gasteiger charge is -2.25. The topological polar surface area (TPSA) is 59.8 Å². The highest BCUT2D eigenvalue weighted by Crippen LogP contribution is 2.34. The van der Waals surface area contributed by atoms with Crippen LogP contribution in [0.1, 0.15) is 24.1 Å². The highest BCUT2D eigenvalue weighted by atomic mass is 19.1. The fourth-order valence-electron chi connectivity index (χ4n) is 3.94. The van der Waals surface area contributed by atoms with Crippen LogP contribution in [0.4, 0.5) is 4.39 Å². The maximum absolute atomic E-state index is 13.9. The van der Waals surface area contributed by atoms with Crippen molar-refractivity contribution in [3.63, 3.8) is 0 Å². The number of hydrogen-bond donors (Lipinski definition) is 1. The van der Waals surface area contributed by atoms with E-state index in [1.165, 1.54) is 25.0 Å². The first-order valence-electron chi connectivity index (χ1n) is 11.7. The van der Waals surface area contributed by atoms with Crippen molar-refractivity contribution in [2.45, 2.75) is 32.4 Å². The third kappa shape index (κ3) is 6.53. The van der Waals surface area contributed by atoms with Crippen LogP contribution in [0.3, 0.4) is 0 Å². The summed E-state index contributed by atoms with van der Waals surface area (Å²) in [5.74, 6) is 1.23. The van der Waals surface area contributed by atoms with Gasteiger partial charge in [0, 0.05) is 25.7 Å². The van der Waals surface area contributed by atoms with Crippen LogP contribution in [-0.2, 0) is 11.3 Å². The van der Waals surface area contributed by atoms with Gasteiger partial charge in [-0.05, 0) is 49.9 Å². The molecule has 0 bridgehead atoms. The number of rotatable bonds is 13. The second-order valence-electron chi connectivity index (χ2n) is 8.79. The molecule has 1 atom stereocenters. The van der Waals surface area contributed by atoms with Gasteiger partial charge < -0.3 is 14.6 Å². The van der Waals surface area contributed by atoms with Gasteiger partial charge >= 0.3 is 0 Å². The predicted molar refractivity (Wildman–Crippen MR) is 130 cm³/mol. The Kier molecular flexibility index (Phi) is 8.11. The van der Waals surface area contributed by atoms with Crippen LogP contribution in [0, 0.1) is 18.7 Å². The summed E-state index contributed by atoms with van der Waals surface area (Å²) in [6.07, 6.45) is 3.46. The predicted octanol–water partition coefficient (Wildman–Crippen LogP) is 4.89. The van der Waals surface area contributed by atoms with Gasteiger partial charge in [-0.15, -0.1) is 6.58 Å². The molecule has 3 aromatic rings. The molecule has 1 saturated carbocycles. The molecule has 0 spiro atoms. The molecular weight excluding hydrogens is 433 g/mol. The van der Waals surface area contributed by atoms with Crippen molar-refractivity contribution < 1.29 is 19.0 Å². The van der Waals surface area contributed by atoms with E-state index < -0.39 is 6.10 Å². The first kappa shape index (κ1) is 24.1. The van der Waals surface area contributed by atoms with Crippen LogP contribution >= 0.6 is 0 Å². The first-order chi connectivity index (χ1) is 16.5. The smallest absolute Gasteiger partial charge is 0.227 e. The number of hydrogen-bond acceptors (Lipinski definition) is 5. The fraction of sp³-hybridized carbons (Fsp3) is 0.370. The van der Waals surface area contributed by atoms with E-state index in [0.717, 1.165) is 23.5 Å². The van der Waals surface area contributed by atoms with E-state index in [1.807, 2.05) is 37.3 Å². The van der Waals surface area contributed by atoms with Gasteiger partial charge in [-0.3, -0.25) is 4.90 Å². The molecular formula is C27H32FN3O3. The quantitative estimate of drug-likeness (QED) is 0.288. The standard InChI is InChI=1S/C27H32FN3O3/c1-3-14-33-19-24(32)17-30(16-21-12-13-21)18-26-20(2)29-31(23-9-5-4-6-10-23)27(26)34-25-11-7-8-22(28)15-25/h3-11,15,21,24,32H,1,12-14,16-19H2,2H3. The Labute approximate surface area is 200 Å². The number of ether oxygens (including phenoxy) is 2. The maximum Gasteiger partial charge on any atom is 0.227 e. The van der Waals surface area contributed by atoms with Gasteiger partial charge in [0.15, 0.2) is 0 Å². The lowest BCUT2D eigenvalue weighted by Crippen LogP contribution is -2.36. The molecule has 0 radical (unpaired) electrons. The number of nitrogens with zero attached hydrogens (tertiary/aromatic N) is 3. The monoisotopic (exact) mass is 465 g/mol. The van der Waals surface area contributed by atoms with Crippen LogP contribution in [0.15, 0.2) is 67.3 Å². The lowest BCUT2D eigenvalue weighted by atomic mass is 10.2. The molecule has 4 rings (SSSR count). The zero-order valence-electron chi connectivity index (χ0n) is 19.6. The Morgan fingerprint density at radius 1 is 1.24 bits per heavy atom. The van der Waals surface area contributed by atoms with Gasteiger partial charge in [0.25, 0.3) is 0 Å². The van der Waals surface area contributed by atoms with Gasteiger partial charge in [0.1, 0.15) is 11.6 Å². The van der Waals surface area contributed by atoms with Gasteiger partial charge in [0.05, 0.1) is 36.3 Å². The van der Waals surface area contributed by atoms with Gasteiger partial charge in [0.2, 0.25) is 5.88 Å². The van der Waals surface area contributed by atoms with Crippen LogP contribution < -0.4 is 4.74 Å². The Balaban J connectivity index is 1.63. The van der Waals surface area contributed by atoms with Crippen LogP contribution in [0.25, 0.3) is 5.69 Å². The minimum Gasteiger partial charge on any atom is -0.438 e. The number of aryl methyl sites for hydroxylation is 1. The zero-order chi connectivity index (χ0) is 23.9. The Morgan fingerprint density at radius 2 is 2.03 bits per heavy atom. The molecule has 2 aromatic carbocycles. The number of aliphatic hydroxyl groups is 1. The molecule has 0 aliphatic heterocycles. The Hall–Kier alpha value is -3.00. The van der Waals surface area contributed by atoms with Crippen LogP contribution in [0.2, 0.25) is 0 Å². The lowest BCUT2D eigenvalue weighted by molar-refractivity contribution is 0.0235. The molecule has 0 amide bonds. The number of benzene rings is 2. The second kappa shape index (κ2) is 11.4. The summed E-state index contributed by atoms with van der Waals surface area (Å²) >= 11 is 0. The summed E-state index contributed by atoms with van der Waals surface area (Å²) in [5, 5.41) is 15.3. The zero-order valence-corrected chi connectivity index (χ0v) is 19.6. The maximum atomic E-state index is 13.9. The summed E-state index contributed by atoms with van der Waals surface area (Å²) in [7, 11) is 0. The normalized spacial score (nSPS) is 14.4. The van der Waals surface area contributed by atoms with E-state index in [-0.39, 0.29) is 12.4 Å². The summed E-state index contributed by atoms with van der Waals surface area (Å²) in [5.41, 5.74) is 2.59. The molecule has 7 heteroatoms. The number of aromatic nitrogens is 2. The number of para-hydroxylation sites is 1. The molecule has 1 aliphatic rings. The minimum absolute atomic E-state index is 0.252. The van der Waals surface area contributed by atoms with Gasteiger partial charge in [-0.2, -0.15) is 5.10 Å². The number of halogens is 1. The molecule has 1 fully saturated rings. The summed E-state index contributed by atoms with van der Waals surface area (Å²) in [6, 6.07) is 15.8. The molecule has 180 valence electrons. The van der Waals surface area contributed by atoms with E-state index in [1.54, 1.807) is 22.9 Å². The van der Waals surface area contributed by atoms with Crippen molar-refractivity contribution in [3.05, 3.63) is 84.3 Å². The average Bonchev–Trinajstić information content (AvgIpc) is 3.59. The highest BCUT2D eigenvalue weighted by Gasteiger charge is 2.28. The molecule has 1 unspecified atom stereocenters. The van der Waals surface area contributed by atoms with Crippen LogP contribution in [-0.4, -0.2) is 52.2 Å². The summed E-state index contributed by atoms with van der Waals surface area (Å²) in [4.78, 5) is 2.23. The van der Waals surface area contributed by atoms with Crippen molar-refractivity contribution in [2.75, 3.05) is 26.3 Å². The SMILES string of the molecule is C=CCOCC(O)CN(Cc1c(C)nn(-c2ccccc2)c1Oc1cccc(F)c1)CC1CC1. The van der Waals surface area contributed by atoms with E-state index in [2.05, 4.69) is 11.5 Å². The third-order valence-electron chi connectivity index (χ3n) is 5.76. The molecule has 1 N–H and O–H groups in total. The average molecular weight is 466 g/mol. The summed E-state index contributed by atoms with van der Waals surface area (Å²) in [6.45, 7) is 8.17. The Bertz CT molecular complexity index is 1080. The molecule has 1 heterocycles. The van der Waals surface area contributed by atoms with E-state index in [4.69, 9.17) is 14.6 Å². The molecule has 1 aliphatic carbocycles.